The molecule has 0 saturated carbocycles. The predicted molar refractivity (Wildman–Crippen MR) is 36.3 cm³/mol. The quantitative estimate of drug-likeness (QED) is 0.538. The normalized spacial score (nSPS) is 16.9. The van der Waals surface area contributed by atoms with E-state index in [1.54, 1.807) is 0 Å². The fourth-order valence-electron chi connectivity index (χ4n) is 0.465. The minimum Gasteiger partial charge on any atom is -0.223 e. The molecular formula is C5H3Cl2F7. The van der Waals surface area contributed by atoms with Gasteiger partial charge < -0.3 is 0 Å². The van der Waals surface area contributed by atoms with Crippen molar-refractivity contribution in [2.45, 2.75) is 23.4 Å². The Balaban J connectivity index is 5.14. The summed E-state index contributed by atoms with van der Waals surface area (Å²) in [4.78, 5) is 0. The van der Waals surface area contributed by atoms with Crippen molar-refractivity contribution in [3.05, 3.63) is 0 Å². The molecule has 1 atom stereocenters. The van der Waals surface area contributed by atoms with Gasteiger partial charge in [0.2, 0.25) is 5.63 Å². The van der Waals surface area contributed by atoms with Crippen LogP contribution in [-0.4, -0.2) is 29.3 Å². The van der Waals surface area contributed by atoms with Crippen LogP contribution >= 0.6 is 23.2 Å². The molecule has 0 amide bonds. The fraction of sp³-hybridized carbons (Fsp3) is 1.00. The summed E-state index contributed by atoms with van der Waals surface area (Å²) in [5.41, 5.74) is -3.92. The van der Waals surface area contributed by atoms with Crippen LogP contribution in [-0.2, 0) is 0 Å². The molecule has 0 radical (unpaired) electrons. The van der Waals surface area contributed by atoms with Crippen molar-refractivity contribution in [3.63, 3.8) is 0 Å². The van der Waals surface area contributed by atoms with Crippen LogP contribution in [0.2, 0.25) is 0 Å². The van der Waals surface area contributed by atoms with Crippen molar-refractivity contribution in [3.8, 4) is 0 Å². The van der Waals surface area contributed by atoms with Crippen LogP contribution < -0.4 is 0 Å². The molecule has 0 aromatic rings. The first kappa shape index (κ1) is 14.1. The van der Waals surface area contributed by atoms with Crippen molar-refractivity contribution in [1.82, 2.24) is 0 Å². The first-order chi connectivity index (χ1) is 6.00. The summed E-state index contributed by atoms with van der Waals surface area (Å²) < 4.78 is 85.3. The van der Waals surface area contributed by atoms with E-state index in [-0.39, 0.29) is 0 Å². The molecule has 1 unspecified atom stereocenters. The van der Waals surface area contributed by atoms with Crippen molar-refractivity contribution in [2.75, 3.05) is 5.88 Å². The van der Waals surface area contributed by atoms with E-state index in [1.807, 2.05) is 0 Å². The topological polar surface area (TPSA) is 0 Å². The van der Waals surface area contributed by atoms with Gasteiger partial charge >= 0.3 is 17.8 Å². The molecule has 0 aliphatic heterocycles. The minimum atomic E-state index is -5.94. The highest BCUT2D eigenvalue weighted by Crippen LogP contribution is 2.49. The Hall–Kier alpha value is 0.0900. The zero-order valence-corrected chi connectivity index (χ0v) is 7.70. The van der Waals surface area contributed by atoms with Gasteiger partial charge in [-0.1, -0.05) is 11.6 Å². The summed E-state index contributed by atoms with van der Waals surface area (Å²) in [6, 6.07) is 0. The molecule has 14 heavy (non-hydrogen) atoms. The van der Waals surface area contributed by atoms with Gasteiger partial charge in [-0.05, 0) is 0 Å². The maximum atomic E-state index is 12.3. The van der Waals surface area contributed by atoms with Gasteiger partial charge in [-0.2, -0.15) is 26.3 Å². The lowest BCUT2D eigenvalue weighted by Gasteiger charge is -2.31. The van der Waals surface area contributed by atoms with Crippen LogP contribution in [0.5, 0.6) is 0 Å². The molecule has 86 valence electrons. The molecule has 0 saturated heterocycles. The van der Waals surface area contributed by atoms with Crippen LogP contribution in [0, 0.1) is 0 Å². The third kappa shape index (κ3) is 2.03. The molecule has 0 spiro atoms. The third-order valence-corrected chi connectivity index (χ3v) is 1.93. The lowest BCUT2D eigenvalue weighted by atomic mass is 10.1. The summed E-state index contributed by atoms with van der Waals surface area (Å²) in [5, 5.41) is 0. The van der Waals surface area contributed by atoms with E-state index in [2.05, 4.69) is 23.2 Å². The van der Waals surface area contributed by atoms with Crippen LogP contribution in [0.3, 0.4) is 0 Å². The maximum Gasteiger partial charge on any atom is 0.377 e. The number of hydrogen-bond acceptors (Lipinski definition) is 0. The number of rotatable bonds is 4. The zero-order chi connectivity index (χ0) is 11.8. The van der Waals surface area contributed by atoms with Gasteiger partial charge in [0.15, 0.2) is 0 Å². The van der Waals surface area contributed by atoms with Gasteiger partial charge in [-0.15, -0.1) is 11.6 Å². The smallest absolute Gasteiger partial charge is 0.223 e. The van der Waals surface area contributed by atoms with Crippen molar-refractivity contribution in [1.29, 1.82) is 0 Å². The van der Waals surface area contributed by atoms with E-state index in [0.29, 0.717) is 0 Å². The first-order valence-corrected chi connectivity index (χ1v) is 3.95. The van der Waals surface area contributed by atoms with Gasteiger partial charge in [0.1, 0.15) is 0 Å². The van der Waals surface area contributed by atoms with Gasteiger partial charge in [-0.3, -0.25) is 0 Å². The molecule has 0 heterocycles. The molecule has 0 aromatic carbocycles. The maximum absolute atomic E-state index is 12.3. The first-order valence-electron chi connectivity index (χ1n) is 2.98. The lowest BCUT2D eigenvalue weighted by Crippen LogP contribution is -2.58. The van der Waals surface area contributed by atoms with Gasteiger partial charge in [0.25, 0.3) is 0 Å². The standard InChI is InChI=1S/C5H3Cl2F7/c6-1-3(9,10)5(13,14)4(11,12)2(7)8/h2H,1H2. The fourth-order valence-corrected chi connectivity index (χ4v) is 0.770. The van der Waals surface area contributed by atoms with Crippen LogP contribution in [0.25, 0.3) is 0 Å². The van der Waals surface area contributed by atoms with Crippen LogP contribution in [0.15, 0.2) is 0 Å². The largest absolute Gasteiger partial charge is 0.377 e. The average Bonchev–Trinajstić information content (AvgIpc) is 2.03. The predicted octanol–water partition coefficient (Wildman–Crippen LogP) is 3.67. The Kier molecular flexibility index (Phi) is 3.95. The molecule has 0 rings (SSSR count). The summed E-state index contributed by atoms with van der Waals surface area (Å²) >= 11 is 8.40. The second kappa shape index (κ2) is 3.92. The summed E-state index contributed by atoms with van der Waals surface area (Å²) in [7, 11) is 0. The van der Waals surface area contributed by atoms with E-state index in [9.17, 15) is 30.7 Å². The van der Waals surface area contributed by atoms with Crippen LogP contribution in [0.4, 0.5) is 30.7 Å². The van der Waals surface area contributed by atoms with E-state index in [0.717, 1.165) is 0 Å². The van der Waals surface area contributed by atoms with E-state index in [1.165, 1.54) is 0 Å². The lowest BCUT2D eigenvalue weighted by molar-refractivity contribution is -0.309. The summed E-state index contributed by atoms with van der Waals surface area (Å²) in [6.45, 7) is 0. The highest BCUT2D eigenvalue weighted by atomic mass is 35.5. The summed E-state index contributed by atoms with van der Waals surface area (Å²) in [6.07, 6.45) is 0. The SMILES string of the molecule is FC(Cl)C(F)(F)C(F)(F)C(F)(F)CCl. The Bertz CT molecular complexity index is 202. The highest BCUT2D eigenvalue weighted by Gasteiger charge is 2.74. The van der Waals surface area contributed by atoms with Gasteiger partial charge in [0, 0.05) is 0 Å². The highest BCUT2D eigenvalue weighted by molar-refractivity contribution is 6.20. The monoisotopic (exact) mass is 266 g/mol. The second-order valence-electron chi connectivity index (χ2n) is 2.34. The Morgan fingerprint density at radius 1 is 1.00 bits per heavy atom. The molecule has 0 bridgehead atoms. The summed E-state index contributed by atoms with van der Waals surface area (Å²) in [5.74, 6) is -18.9. The average molecular weight is 267 g/mol. The third-order valence-electron chi connectivity index (χ3n) is 1.32. The Labute approximate surface area is 84.0 Å². The molecule has 0 N–H and O–H groups in total. The Morgan fingerprint density at radius 3 is 1.57 bits per heavy atom. The molecule has 0 aliphatic carbocycles. The molecule has 0 aromatic heterocycles. The van der Waals surface area contributed by atoms with E-state index < -0.39 is 29.3 Å². The zero-order valence-electron chi connectivity index (χ0n) is 6.19. The van der Waals surface area contributed by atoms with Crippen molar-refractivity contribution >= 4 is 23.2 Å². The molecule has 0 fully saturated rings. The molecular weight excluding hydrogens is 264 g/mol. The second-order valence-corrected chi connectivity index (χ2v) is 2.99. The van der Waals surface area contributed by atoms with Crippen LogP contribution in [0.1, 0.15) is 0 Å². The van der Waals surface area contributed by atoms with Crippen molar-refractivity contribution in [2.24, 2.45) is 0 Å². The minimum absolute atomic E-state index is 2.07. The molecule has 0 nitrogen and oxygen atoms in total. The van der Waals surface area contributed by atoms with Gasteiger partial charge in [-0.25, -0.2) is 4.39 Å². The number of halogens is 9. The number of hydrogen-bond donors (Lipinski definition) is 0. The van der Waals surface area contributed by atoms with Crippen molar-refractivity contribution < 1.29 is 30.7 Å². The Morgan fingerprint density at radius 2 is 1.36 bits per heavy atom. The molecule has 9 heteroatoms. The van der Waals surface area contributed by atoms with E-state index in [4.69, 9.17) is 0 Å². The number of alkyl halides is 9. The van der Waals surface area contributed by atoms with Gasteiger partial charge in [0.05, 0.1) is 5.88 Å². The van der Waals surface area contributed by atoms with E-state index >= 15 is 0 Å². The molecule has 0 aliphatic rings.